The molecule has 21 heavy (non-hydrogen) atoms. The summed E-state index contributed by atoms with van der Waals surface area (Å²) in [6.45, 7) is 3.53. The zero-order valence-electron chi connectivity index (χ0n) is 12.0. The monoisotopic (exact) mass is 287 g/mol. The van der Waals surface area contributed by atoms with Gasteiger partial charge in [0.25, 0.3) is 5.91 Å². The van der Waals surface area contributed by atoms with Crippen molar-refractivity contribution in [2.75, 3.05) is 11.4 Å². The molecule has 2 atom stereocenters. The van der Waals surface area contributed by atoms with Crippen molar-refractivity contribution in [2.24, 2.45) is 0 Å². The minimum atomic E-state index is -0.798. The third-order valence-corrected chi connectivity index (χ3v) is 4.07. The van der Waals surface area contributed by atoms with E-state index in [1.807, 2.05) is 31.2 Å². The SMILES string of the molecule is C[C@@H](C(=O)N1c2ccccc2C[C@@H]1C)N1C(=O)CNC1=O. The molecule has 0 aliphatic carbocycles. The molecule has 1 N–H and O–H groups in total. The topological polar surface area (TPSA) is 69.7 Å². The zero-order valence-corrected chi connectivity index (χ0v) is 12.0. The normalized spacial score (nSPS) is 22.3. The van der Waals surface area contributed by atoms with Crippen molar-refractivity contribution in [3.63, 3.8) is 0 Å². The van der Waals surface area contributed by atoms with Crippen LogP contribution in [0.25, 0.3) is 0 Å². The third-order valence-electron chi connectivity index (χ3n) is 4.07. The maximum absolute atomic E-state index is 12.7. The lowest BCUT2D eigenvalue weighted by Gasteiger charge is -2.29. The Labute approximate surface area is 122 Å². The number of rotatable bonds is 2. The lowest BCUT2D eigenvalue weighted by Crippen LogP contribution is -2.51. The second-order valence-electron chi connectivity index (χ2n) is 5.49. The fourth-order valence-electron chi connectivity index (χ4n) is 3.04. The van der Waals surface area contributed by atoms with Gasteiger partial charge in [0.05, 0.1) is 6.54 Å². The maximum atomic E-state index is 12.7. The van der Waals surface area contributed by atoms with Gasteiger partial charge in [-0.3, -0.25) is 14.5 Å². The molecule has 6 heteroatoms. The van der Waals surface area contributed by atoms with E-state index in [0.29, 0.717) is 0 Å². The molecule has 0 unspecified atom stereocenters. The van der Waals surface area contributed by atoms with Gasteiger partial charge < -0.3 is 10.2 Å². The molecule has 0 bridgehead atoms. The largest absolute Gasteiger partial charge is 0.329 e. The van der Waals surface area contributed by atoms with Gasteiger partial charge in [-0.2, -0.15) is 0 Å². The molecular weight excluding hydrogens is 270 g/mol. The Morgan fingerprint density at radius 3 is 2.71 bits per heavy atom. The number of benzene rings is 1. The minimum absolute atomic E-state index is 0.0260. The second kappa shape index (κ2) is 4.87. The van der Waals surface area contributed by atoms with E-state index in [0.717, 1.165) is 22.6 Å². The van der Waals surface area contributed by atoms with Crippen molar-refractivity contribution >= 4 is 23.5 Å². The number of hydrogen-bond donors (Lipinski definition) is 1. The number of fused-ring (bicyclic) bond motifs is 1. The van der Waals surface area contributed by atoms with E-state index >= 15 is 0 Å². The molecule has 1 aromatic carbocycles. The molecule has 0 saturated carbocycles. The van der Waals surface area contributed by atoms with Crippen molar-refractivity contribution in [1.82, 2.24) is 10.2 Å². The Morgan fingerprint density at radius 1 is 1.33 bits per heavy atom. The van der Waals surface area contributed by atoms with E-state index in [4.69, 9.17) is 0 Å². The van der Waals surface area contributed by atoms with E-state index in [1.54, 1.807) is 11.8 Å². The number of nitrogens with zero attached hydrogens (tertiary/aromatic N) is 2. The number of anilines is 1. The average Bonchev–Trinajstić information content (AvgIpc) is 2.96. The number of nitrogens with one attached hydrogen (secondary N) is 1. The predicted molar refractivity (Wildman–Crippen MR) is 76.8 cm³/mol. The minimum Gasteiger partial charge on any atom is -0.329 e. The van der Waals surface area contributed by atoms with Gasteiger partial charge in [0, 0.05) is 11.7 Å². The van der Waals surface area contributed by atoms with Gasteiger partial charge in [-0.1, -0.05) is 18.2 Å². The lowest BCUT2D eigenvalue weighted by molar-refractivity contribution is -0.132. The first kappa shape index (κ1) is 13.6. The summed E-state index contributed by atoms with van der Waals surface area (Å²) < 4.78 is 0. The van der Waals surface area contributed by atoms with Gasteiger partial charge in [0.15, 0.2) is 0 Å². The Balaban J connectivity index is 1.88. The number of imide groups is 1. The summed E-state index contributed by atoms with van der Waals surface area (Å²) in [5, 5.41) is 2.44. The van der Waals surface area contributed by atoms with Gasteiger partial charge in [-0.05, 0) is 31.9 Å². The van der Waals surface area contributed by atoms with Crippen molar-refractivity contribution < 1.29 is 14.4 Å². The van der Waals surface area contributed by atoms with E-state index < -0.39 is 12.1 Å². The highest BCUT2D eigenvalue weighted by Crippen LogP contribution is 2.32. The molecule has 0 spiro atoms. The summed E-state index contributed by atoms with van der Waals surface area (Å²) >= 11 is 0. The highest BCUT2D eigenvalue weighted by atomic mass is 16.2. The van der Waals surface area contributed by atoms with E-state index in [1.165, 1.54) is 0 Å². The Kier molecular flexibility index (Phi) is 3.16. The molecule has 1 fully saturated rings. The van der Waals surface area contributed by atoms with Crippen LogP contribution in [-0.4, -0.2) is 41.4 Å². The molecule has 1 saturated heterocycles. The van der Waals surface area contributed by atoms with E-state index in [9.17, 15) is 14.4 Å². The number of hydrogen-bond acceptors (Lipinski definition) is 3. The standard InChI is InChI=1S/C15H17N3O3/c1-9-7-11-5-3-4-6-12(11)17(9)14(20)10(2)18-13(19)8-16-15(18)21/h3-6,9-10H,7-8H2,1-2H3,(H,16,21)/t9-,10-/m0/s1. The number of amides is 4. The van der Waals surface area contributed by atoms with Crippen LogP contribution in [0.5, 0.6) is 0 Å². The Hall–Kier alpha value is -2.37. The fraction of sp³-hybridized carbons (Fsp3) is 0.400. The summed E-state index contributed by atoms with van der Waals surface area (Å²) in [6, 6.07) is 6.45. The molecule has 2 aliphatic heterocycles. The lowest BCUT2D eigenvalue weighted by atomic mass is 10.1. The van der Waals surface area contributed by atoms with Gasteiger partial charge in [-0.25, -0.2) is 4.79 Å². The van der Waals surface area contributed by atoms with Crippen molar-refractivity contribution in [1.29, 1.82) is 0 Å². The van der Waals surface area contributed by atoms with Gasteiger partial charge in [-0.15, -0.1) is 0 Å². The van der Waals surface area contributed by atoms with Crippen LogP contribution in [-0.2, 0) is 16.0 Å². The van der Waals surface area contributed by atoms with Crippen LogP contribution in [0.4, 0.5) is 10.5 Å². The van der Waals surface area contributed by atoms with Crippen molar-refractivity contribution in [3.8, 4) is 0 Å². The van der Waals surface area contributed by atoms with Crippen LogP contribution in [0, 0.1) is 0 Å². The first-order chi connectivity index (χ1) is 10.0. The first-order valence-electron chi connectivity index (χ1n) is 7.01. The van der Waals surface area contributed by atoms with Crippen LogP contribution in [0.2, 0.25) is 0 Å². The smallest absolute Gasteiger partial charge is 0.325 e. The maximum Gasteiger partial charge on any atom is 0.325 e. The highest BCUT2D eigenvalue weighted by Gasteiger charge is 2.41. The van der Waals surface area contributed by atoms with Crippen LogP contribution in [0.1, 0.15) is 19.4 Å². The number of para-hydroxylation sites is 1. The van der Waals surface area contributed by atoms with E-state index in [2.05, 4.69) is 5.32 Å². The Morgan fingerprint density at radius 2 is 2.05 bits per heavy atom. The second-order valence-corrected chi connectivity index (χ2v) is 5.49. The molecule has 6 nitrogen and oxygen atoms in total. The van der Waals surface area contributed by atoms with Gasteiger partial charge in [0.1, 0.15) is 6.04 Å². The van der Waals surface area contributed by atoms with Crippen LogP contribution in [0.15, 0.2) is 24.3 Å². The number of carbonyl (C=O) groups excluding carboxylic acids is 3. The highest BCUT2D eigenvalue weighted by molar-refractivity contribution is 6.08. The molecule has 1 aromatic rings. The summed E-state index contributed by atoms with van der Waals surface area (Å²) in [7, 11) is 0. The van der Waals surface area contributed by atoms with Crippen molar-refractivity contribution in [3.05, 3.63) is 29.8 Å². The molecule has 2 aliphatic rings. The summed E-state index contributed by atoms with van der Waals surface area (Å²) in [4.78, 5) is 38.9. The molecular formula is C15H17N3O3. The molecule has 0 aromatic heterocycles. The first-order valence-corrected chi connectivity index (χ1v) is 7.01. The predicted octanol–water partition coefficient (Wildman–Crippen LogP) is 0.904. The van der Waals surface area contributed by atoms with Crippen LogP contribution < -0.4 is 10.2 Å². The summed E-state index contributed by atoms with van der Waals surface area (Å²) in [6.07, 6.45) is 0.786. The molecule has 4 amide bonds. The number of urea groups is 1. The Bertz CT molecular complexity index is 612. The van der Waals surface area contributed by atoms with Crippen LogP contribution >= 0.6 is 0 Å². The van der Waals surface area contributed by atoms with Crippen molar-refractivity contribution in [2.45, 2.75) is 32.4 Å². The average molecular weight is 287 g/mol. The molecule has 0 radical (unpaired) electrons. The molecule has 110 valence electrons. The molecule has 3 rings (SSSR count). The molecule has 2 heterocycles. The van der Waals surface area contributed by atoms with Crippen LogP contribution in [0.3, 0.4) is 0 Å². The van der Waals surface area contributed by atoms with E-state index in [-0.39, 0.29) is 24.4 Å². The third kappa shape index (κ3) is 2.07. The van der Waals surface area contributed by atoms with Gasteiger partial charge in [0.2, 0.25) is 5.91 Å². The quantitative estimate of drug-likeness (QED) is 0.822. The fourth-order valence-corrected chi connectivity index (χ4v) is 3.04. The number of carbonyl (C=O) groups is 3. The van der Waals surface area contributed by atoms with Gasteiger partial charge >= 0.3 is 6.03 Å². The summed E-state index contributed by atoms with van der Waals surface area (Å²) in [5.41, 5.74) is 1.98. The zero-order chi connectivity index (χ0) is 15.1. The summed E-state index contributed by atoms with van der Waals surface area (Å²) in [5.74, 6) is -0.584.